The minimum atomic E-state index is -2.14. The first-order chi connectivity index (χ1) is 30.6. The fourth-order valence-electron chi connectivity index (χ4n) is 8.03. The smallest absolute Gasteiger partial charge is 0.217 e. The van der Waals surface area contributed by atoms with E-state index in [4.69, 9.17) is 47.4 Å². The Morgan fingerprint density at radius 3 is 1.29 bits per heavy atom. The van der Waals surface area contributed by atoms with Crippen molar-refractivity contribution in [2.45, 2.75) is 186 Å². The molecular formula is C37H67NO26Si. The fourth-order valence-corrected chi connectivity index (χ4v) is 8.76. The third kappa shape index (κ3) is 12.5. The number of amides is 1. The molecule has 0 unspecified atom stereocenters. The van der Waals surface area contributed by atoms with E-state index in [0.29, 0.717) is 6.04 Å². The molecule has 65 heavy (non-hydrogen) atoms. The SMILES string of the molecule is CC(=O)N[C@H]1[C@H](O[C@H]2[C@@H](O)[C@@H](CO)O[C@H](O[C@@H]3[C@H](O)[C@@H](O)[C@H](O[C@H]4[C@H](O)[C@@H](O)[C@H](OCC[Si](C)(C)C)O[C@@H]4CO)O[C@@H]3CO)[C@@H]2O)O[C@H](CO)[C@H](O)[C@@H]1O[C@H]1O[C@H](CO)[C@H](O)[C@H](O)[C@H]1O. The highest BCUT2D eigenvalue weighted by atomic mass is 28.3. The number of rotatable bonds is 18. The molecule has 0 saturated carbocycles. The van der Waals surface area contributed by atoms with Crippen molar-refractivity contribution < 1.29 is 129 Å². The molecule has 0 aromatic heterocycles. The summed E-state index contributed by atoms with van der Waals surface area (Å²) in [6.07, 6.45) is -43.1. The number of ether oxygens (including phenoxy) is 10. The maximum absolute atomic E-state index is 12.5. The van der Waals surface area contributed by atoms with Gasteiger partial charge in [-0.25, -0.2) is 0 Å². The molecule has 0 spiro atoms. The van der Waals surface area contributed by atoms with E-state index in [9.17, 15) is 81.4 Å². The summed E-state index contributed by atoms with van der Waals surface area (Å²) in [5.74, 6) is -0.798. The fraction of sp³-hybridized carbons (Fsp3) is 0.973. The molecule has 27 nitrogen and oxygen atoms in total. The molecule has 5 rings (SSSR count). The standard InChI is InChI=1S/C37H67NO26Si/c1-12(44)38-18-31(63-35-25(51)22(48)19(45)13(7-39)57-35)20(46)14(8-40)56-33(18)64-32-21(47)15(9-41)58-37(28(32)54)62-30-17(11-43)60-36(27(53)24(30)50)61-29-16(10-42)59-34(26(52)23(29)49)55-5-6-65(2,3)4/h13-37,39-43,45-54H,5-11H2,1-4H3,(H,38,44)/t13-,14-,15-,16-,17-,18-,19+,20+,21+,22+,23-,24-,25-,26-,27-,28-,29-,30+,31-,32+,33+,34-,35-,36+,37-/m1/s1. The average molecular weight is 970 g/mol. The summed E-state index contributed by atoms with van der Waals surface area (Å²) in [6, 6.07) is -0.973. The first-order valence-corrected chi connectivity index (χ1v) is 24.9. The number of carbonyl (C=O) groups is 1. The van der Waals surface area contributed by atoms with Crippen molar-refractivity contribution in [3.8, 4) is 0 Å². The van der Waals surface area contributed by atoms with E-state index in [-0.39, 0.29) is 6.61 Å². The highest BCUT2D eigenvalue weighted by Crippen LogP contribution is 2.36. The van der Waals surface area contributed by atoms with Gasteiger partial charge in [0.15, 0.2) is 31.5 Å². The van der Waals surface area contributed by atoms with Gasteiger partial charge in [-0.3, -0.25) is 4.79 Å². The van der Waals surface area contributed by atoms with Gasteiger partial charge >= 0.3 is 0 Å². The first-order valence-electron chi connectivity index (χ1n) is 21.2. The van der Waals surface area contributed by atoms with E-state index in [0.717, 1.165) is 6.92 Å². The summed E-state index contributed by atoms with van der Waals surface area (Å²) in [5.41, 5.74) is 0. The lowest BCUT2D eigenvalue weighted by Crippen LogP contribution is -2.70. The molecule has 0 aromatic rings. The van der Waals surface area contributed by atoms with Gasteiger partial charge in [0.05, 0.1) is 33.0 Å². The summed E-state index contributed by atoms with van der Waals surface area (Å²) in [7, 11) is -1.56. The molecule has 5 saturated heterocycles. The summed E-state index contributed by atoms with van der Waals surface area (Å²) in [4.78, 5) is 12.5. The normalized spacial score (nSPS) is 47.6. The van der Waals surface area contributed by atoms with Crippen LogP contribution in [0.4, 0.5) is 0 Å². The van der Waals surface area contributed by atoms with Crippen LogP contribution in [0.15, 0.2) is 0 Å². The highest BCUT2D eigenvalue weighted by Gasteiger charge is 2.57. The van der Waals surface area contributed by atoms with Crippen LogP contribution in [-0.4, -0.2) is 284 Å². The van der Waals surface area contributed by atoms with Gasteiger partial charge in [0, 0.05) is 21.6 Å². The number of carbonyl (C=O) groups excluding carboxylic acids is 1. The molecule has 0 bridgehead atoms. The van der Waals surface area contributed by atoms with E-state index in [2.05, 4.69) is 25.0 Å². The number of hydrogen-bond acceptors (Lipinski definition) is 26. The lowest BCUT2D eigenvalue weighted by atomic mass is 9.94. The zero-order chi connectivity index (χ0) is 48.2. The molecule has 0 radical (unpaired) electrons. The van der Waals surface area contributed by atoms with Crippen molar-refractivity contribution in [1.82, 2.24) is 5.32 Å². The minimum absolute atomic E-state index is 0.193. The van der Waals surface area contributed by atoms with Crippen LogP contribution in [0, 0.1) is 0 Å². The van der Waals surface area contributed by atoms with Gasteiger partial charge in [0.1, 0.15) is 122 Å². The van der Waals surface area contributed by atoms with Crippen molar-refractivity contribution in [1.29, 1.82) is 0 Å². The minimum Gasteiger partial charge on any atom is -0.394 e. The maximum atomic E-state index is 12.5. The monoisotopic (exact) mass is 969 g/mol. The molecule has 28 heteroatoms. The van der Waals surface area contributed by atoms with Crippen LogP contribution in [0.2, 0.25) is 25.7 Å². The molecule has 1 amide bonds. The molecule has 25 atom stereocenters. The van der Waals surface area contributed by atoms with Gasteiger partial charge in [0.2, 0.25) is 5.91 Å². The van der Waals surface area contributed by atoms with Gasteiger partial charge in [-0.05, 0) is 6.04 Å². The predicted octanol–water partition coefficient (Wildman–Crippen LogP) is -9.42. The van der Waals surface area contributed by atoms with E-state index in [1.165, 1.54) is 0 Å². The summed E-state index contributed by atoms with van der Waals surface area (Å²) < 4.78 is 57.1. The third-order valence-electron chi connectivity index (χ3n) is 11.8. The van der Waals surface area contributed by atoms with Crippen LogP contribution in [0.1, 0.15) is 6.92 Å². The Balaban J connectivity index is 1.32. The highest BCUT2D eigenvalue weighted by molar-refractivity contribution is 6.76. The number of hydrogen-bond donors (Lipinski definition) is 16. The molecule has 16 N–H and O–H groups in total. The Hall–Kier alpha value is -1.31. The quantitative estimate of drug-likeness (QED) is 0.0567. The molecule has 5 fully saturated rings. The van der Waals surface area contributed by atoms with Crippen molar-refractivity contribution in [2.75, 3.05) is 39.6 Å². The zero-order valence-corrected chi connectivity index (χ0v) is 37.1. The van der Waals surface area contributed by atoms with E-state index in [1.54, 1.807) is 0 Å². The molecule has 5 aliphatic rings. The average Bonchev–Trinajstić information content (AvgIpc) is 3.26. The Kier molecular flexibility index (Phi) is 19.8. The molecule has 0 aliphatic carbocycles. The van der Waals surface area contributed by atoms with Crippen LogP contribution in [0.5, 0.6) is 0 Å². The van der Waals surface area contributed by atoms with Crippen molar-refractivity contribution in [3.05, 3.63) is 0 Å². The van der Waals surface area contributed by atoms with Gasteiger partial charge in [-0.15, -0.1) is 0 Å². The van der Waals surface area contributed by atoms with Gasteiger partial charge < -0.3 is 129 Å². The van der Waals surface area contributed by atoms with Crippen molar-refractivity contribution >= 4 is 14.0 Å². The van der Waals surface area contributed by atoms with Crippen molar-refractivity contribution in [2.24, 2.45) is 0 Å². The molecule has 380 valence electrons. The first kappa shape index (κ1) is 54.6. The number of aliphatic hydroxyl groups excluding tert-OH is 15. The maximum Gasteiger partial charge on any atom is 0.217 e. The van der Waals surface area contributed by atoms with E-state index >= 15 is 0 Å². The van der Waals surface area contributed by atoms with Crippen LogP contribution in [-0.2, 0) is 52.2 Å². The second-order valence-corrected chi connectivity index (χ2v) is 23.5. The lowest BCUT2D eigenvalue weighted by Gasteiger charge is -2.50. The predicted molar refractivity (Wildman–Crippen MR) is 210 cm³/mol. The molecule has 5 aliphatic heterocycles. The second kappa shape index (κ2) is 23.5. The lowest BCUT2D eigenvalue weighted by molar-refractivity contribution is -0.389. The molecular weight excluding hydrogens is 902 g/mol. The molecule has 0 aromatic carbocycles. The van der Waals surface area contributed by atoms with Crippen LogP contribution in [0.3, 0.4) is 0 Å². The van der Waals surface area contributed by atoms with Crippen molar-refractivity contribution in [3.63, 3.8) is 0 Å². The number of aliphatic hydroxyl groups is 15. The second-order valence-electron chi connectivity index (χ2n) is 17.8. The van der Waals surface area contributed by atoms with E-state index in [1.807, 2.05) is 0 Å². The Morgan fingerprint density at radius 2 is 0.815 bits per heavy atom. The Labute approximate surface area is 373 Å². The van der Waals surface area contributed by atoms with Gasteiger partial charge in [0.25, 0.3) is 0 Å². The summed E-state index contributed by atoms with van der Waals surface area (Å²) >= 11 is 0. The summed E-state index contributed by atoms with van der Waals surface area (Å²) in [5, 5.41) is 162. The molecule has 5 heterocycles. The topological polar surface area (TPSA) is 425 Å². The van der Waals surface area contributed by atoms with E-state index < -0.39 is 200 Å². The van der Waals surface area contributed by atoms with Crippen LogP contribution in [0.25, 0.3) is 0 Å². The number of nitrogens with one attached hydrogen (secondary N) is 1. The Morgan fingerprint density at radius 1 is 0.446 bits per heavy atom. The van der Waals surface area contributed by atoms with Crippen LogP contribution >= 0.6 is 0 Å². The largest absolute Gasteiger partial charge is 0.394 e. The third-order valence-corrected chi connectivity index (χ3v) is 13.5. The zero-order valence-electron chi connectivity index (χ0n) is 36.1. The Bertz CT molecular complexity index is 1470. The summed E-state index contributed by atoms with van der Waals surface area (Å²) in [6.45, 7) is 3.06. The van der Waals surface area contributed by atoms with Crippen LogP contribution < -0.4 is 5.32 Å². The van der Waals surface area contributed by atoms with Gasteiger partial charge in [-0.1, -0.05) is 19.6 Å². The van der Waals surface area contributed by atoms with Gasteiger partial charge in [-0.2, -0.15) is 0 Å².